The molecule has 0 radical (unpaired) electrons. The lowest BCUT2D eigenvalue weighted by molar-refractivity contribution is 0.137. The standard InChI is InChI=1S/C22H29N5O3S/c1-16-6-7-18(15-23-16)25-22(28)24-14-17-4-3-5-20-19(17)8-9-21(20)26-10-12-27(13-11-26)31(2,29)30/h3-7,15,21H,8-14H2,1-2H3,(H2,24,25,28). The Morgan fingerprint density at radius 1 is 1.16 bits per heavy atom. The van der Waals surface area contributed by atoms with Crippen molar-refractivity contribution in [2.45, 2.75) is 32.4 Å². The van der Waals surface area contributed by atoms with Crippen LogP contribution in [0.25, 0.3) is 0 Å². The number of anilines is 1. The molecule has 8 nitrogen and oxygen atoms in total. The summed E-state index contributed by atoms with van der Waals surface area (Å²) in [6.07, 6.45) is 4.90. The lowest BCUT2D eigenvalue weighted by atomic mass is 10.0. The number of fused-ring (bicyclic) bond motifs is 1. The van der Waals surface area contributed by atoms with Crippen LogP contribution in [-0.2, 0) is 23.0 Å². The van der Waals surface area contributed by atoms with Gasteiger partial charge >= 0.3 is 6.03 Å². The van der Waals surface area contributed by atoms with Crippen molar-refractivity contribution < 1.29 is 13.2 Å². The molecule has 31 heavy (non-hydrogen) atoms. The van der Waals surface area contributed by atoms with E-state index in [-0.39, 0.29) is 6.03 Å². The summed E-state index contributed by atoms with van der Waals surface area (Å²) in [4.78, 5) is 18.9. The number of hydrogen-bond donors (Lipinski definition) is 2. The molecule has 2 aliphatic rings. The first-order valence-electron chi connectivity index (χ1n) is 10.6. The maximum absolute atomic E-state index is 12.3. The Morgan fingerprint density at radius 3 is 2.61 bits per heavy atom. The normalized spacial score (nSPS) is 19.7. The molecule has 1 saturated heterocycles. The Bertz CT molecular complexity index is 1050. The Kier molecular flexibility index (Phi) is 6.27. The number of carbonyl (C=O) groups excluding carboxylic acids is 1. The Balaban J connectivity index is 1.37. The molecule has 1 aromatic carbocycles. The van der Waals surface area contributed by atoms with Gasteiger partial charge in [-0.15, -0.1) is 0 Å². The van der Waals surface area contributed by atoms with Crippen molar-refractivity contribution in [1.29, 1.82) is 0 Å². The largest absolute Gasteiger partial charge is 0.334 e. The van der Waals surface area contributed by atoms with Gasteiger partial charge in [-0.3, -0.25) is 9.88 Å². The fraction of sp³-hybridized carbons (Fsp3) is 0.455. The molecule has 2 N–H and O–H groups in total. The van der Waals surface area contributed by atoms with Crippen LogP contribution in [0.5, 0.6) is 0 Å². The number of hydrogen-bond acceptors (Lipinski definition) is 5. The zero-order valence-corrected chi connectivity index (χ0v) is 18.8. The summed E-state index contributed by atoms with van der Waals surface area (Å²) in [5, 5.41) is 5.75. The van der Waals surface area contributed by atoms with Crippen LogP contribution in [0, 0.1) is 6.92 Å². The van der Waals surface area contributed by atoms with E-state index in [1.54, 1.807) is 10.5 Å². The zero-order chi connectivity index (χ0) is 22.0. The number of carbonyl (C=O) groups is 1. The smallest absolute Gasteiger partial charge is 0.319 e. The summed E-state index contributed by atoms with van der Waals surface area (Å²) in [7, 11) is -3.12. The lowest BCUT2D eigenvalue weighted by Gasteiger charge is -2.37. The highest BCUT2D eigenvalue weighted by Crippen LogP contribution is 2.38. The van der Waals surface area contributed by atoms with Gasteiger partial charge in [0.1, 0.15) is 0 Å². The molecular formula is C22H29N5O3S. The molecule has 2 aromatic rings. The van der Waals surface area contributed by atoms with E-state index in [1.165, 1.54) is 17.4 Å². The van der Waals surface area contributed by atoms with Gasteiger partial charge < -0.3 is 10.6 Å². The third kappa shape index (κ3) is 5.06. The number of nitrogens with zero attached hydrogens (tertiary/aromatic N) is 3. The molecule has 2 heterocycles. The van der Waals surface area contributed by atoms with Crippen LogP contribution in [0.2, 0.25) is 0 Å². The number of amides is 2. The predicted molar refractivity (Wildman–Crippen MR) is 120 cm³/mol. The summed E-state index contributed by atoms with van der Waals surface area (Å²) in [6.45, 7) is 4.93. The van der Waals surface area contributed by atoms with Crippen molar-refractivity contribution in [1.82, 2.24) is 19.5 Å². The molecule has 2 amide bonds. The fourth-order valence-electron chi connectivity index (χ4n) is 4.49. The van der Waals surface area contributed by atoms with E-state index < -0.39 is 10.0 Å². The molecule has 1 unspecified atom stereocenters. The van der Waals surface area contributed by atoms with E-state index in [2.05, 4.69) is 32.7 Å². The predicted octanol–water partition coefficient (Wildman–Crippen LogP) is 2.28. The second-order valence-corrected chi connectivity index (χ2v) is 10.2. The average Bonchev–Trinajstić information content (AvgIpc) is 3.18. The number of aryl methyl sites for hydroxylation is 1. The van der Waals surface area contributed by atoms with Gasteiger partial charge in [-0.1, -0.05) is 18.2 Å². The van der Waals surface area contributed by atoms with Gasteiger partial charge in [0.05, 0.1) is 18.1 Å². The summed E-state index contributed by atoms with van der Waals surface area (Å²) < 4.78 is 25.1. The first-order valence-corrected chi connectivity index (χ1v) is 12.4. The average molecular weight is 444 g/mol. The van der Waals surface area contributed by atoms with Gasteiger partial charge in [-0.05, 0) is 48.6 Å². The minimum absolute atomic E-state index is 0.255. The number of sulfonamides is 1. The van der Waals surface area contributed by atoms with Gasteiger partial charge in [0.25, 0.3) is 0 Å². The van der Waals surface area contributed by atoms with Gasteiger partial charge in [0.2, 0.25) is 10.0 Å². The van der Waals surface area contributed by atoms with Crippen molar-refractivity contribution in [3.63, 3.8) is 0 Å². The highest BCUT2D eigenvalue weighted by atomic mass is 32.2. The SMILES string of the molecule is Cc1ccc(NC(=O)NCc2cccc3c2CCC3N2CCN(S(C)(=O)=O)CC2)cn1. The minimum atomic E-state index is -3.12. The second-order valence-electron chi connectivity index (χ2n) is 8.23. The molecule has 0 saturated carbocycles. The van der Waals surface area contributed by atoms with Crippen molar-refractivity contribution in [2.24, 2.45) is 0 Å². The third-order valence-electron chi connectivity index (χ3n) is 6.13. The van der Waals surface area contributed by atoms with Crippen LogP contribution in [0.15, 0.2) is 36.5 Å². The van der Waals surface area contributed by atoms with Crippen molar-refractivity contribution >= 4 is 21.7 Å². The maximum Gasteiger partial charge on any atom is 0.319 e. The first kappa shape index (κ1) is 21.7. The summed E-state index contributed by atoms with van der Waals surface area (Å²) >= 11 is 0. The Morgan fingerprint density at radius 2 is 1.94 bits per heavy atom. The van der Waals surface area contributed by atoms with Crippen LogP contribution in [0.1, 0.15) is 34.8 Å². The van der Waals surface area contributed by atoms with Gasteiger partial charge in [-0.2, -0.15) is 4.31 Å². The highest BCUT2D eigenvalue weighted by molar-refractivity contribution is 7.88. The van der Waals surface area contributed by atoms with Crippen LogP contribution in [0.4, 0.5) is 10.5 Å². The summed E-state index contributed by atoms with van der Waals surface area (Å²) in [5.41, 5.74) is 5.30. The molecule has 1 aliphatic carbocycles. The van der Waals surface area contributed by atoms with Gasteiger partial charge in [-0.25, -0.2) is 13.2 Å². The molecule has 166 valence electrons. The van der Waals surface area contributed by atoms with Crippen molar-refractivity contribution in [3.8, 4) is 0 Å². The maximum atomic E-state index is 12.3. The third-order valence-corrected chi connectivity index (χ3v) is 7.43. The Hall–Kier alpha value is -2.49. The first-order chi connectivity index (χ1) is 14.8. The van der Waals surface area contributed by atoms with E-state index in [9.17, 15) is 13.2 Å². The molecule has 9 heteroatoms. The highest BCUT2D eigenvalue weighted by Gasteiger charge is 2.33. The van der Waals surface area contributed by atoms with E-state index in [4.69, 9.17) is 0 Å². The number of pyridine rings is 1. The number of piperazine rings is 1. The zero-order valence-electron chi connectivity index (χ0n) is 18.0. The number of aromatic nitrogens is 1. The minimum Gasteiger partial charge on any atom is -0.334 e. The van der Waals surface area contributed by atoms with Crippen LogP contribution < -0.4 is 10.6 Å². The number of rotatable bonds is 5. The molecule has 1 atom stereocenters. The quantitative estimate of drug-likeness (QED) is 0.739. The second kappa shape index (κ2) is 8.94. The molecule has 0 spiro atoms. The van der Waals surface area contributed by atoms with Crippen LogP contribution in [0.3, 0.4) is 0 Å². The van der Waals surface area contributed by atoms with Crippen molar-refractivity contribution in [3.05, 3.63) is 58.9 Å². The van der Waals surface area contributed by atoms with Gasteiger partial charge in [0.15, 0.2) is 0 Å². The van der Waals surface area contributed by atoms with Crippen LogP contribution in [-0.4, -0.2) is 61.1 Å². The monoisotopic (exact) mass is 443 g/mol. The molecular weight excluding hydrogens is 414 g/mol. The number of benzene rings is 1. The van der Waals surface area contributed by atoms with E-state index in [0.717, 1.165) is 37.2 Å². The fourth-order valence-corrected chi connectivity index (χ4v) is 5.32. The molecule has 4 rings (SSSR count). The van der Waals surface area contributed by atoms with E-state index in [0.29, 0.717) is 31.4 Å². The van der Waals surface area contributed by atoms with E-state index in [1.807, 2.05) is 25.1 Å². The number of nitrogens with one attached hydrogen (secondary N) is 2. The topological polar surface area (TPSA) is 94.6 Å². The molecule has 1 aromatic heterocycles. The lowest BCUT2D eigenvalue weighted by Crippen LogP contribution is -2.49. The summed E-state index contributed by atoms with van der Waals surface area (Å²) in [6, 6.07) is 10.0. The Labute approximate surface area is 183 Å². The van der Waals surface area contributed by atoms with Gasteiger partial charge in [0, 0.05) is 44.5 Å². The van der Waals surface area contributed by atoms with E-state index >= 15 is 0 Å². The molecule has 0 bridgehead atoms. The summed E-state index contributed by atoms with van der Waals surface area (Å²) in [5.74, 6) is 0. The van der Waals surface area contributed by atoms with Crippen molar-refractivity contribution in [2.75, 3.05) is 37.8 Å². The molecule has 1 fully saturated rings. The van der Waals surface area contributed by atoms with Crippen LogP contribution >= 0.6 is 0 Å². The number of urea groups is 1. The molecule has 1 aliphatic heterocycles.